The van der Waals surface area contributed by atoms with E-state index in [-0.39, 0.29) is 6.54 Å². The molecule has 2 N–H and O–H groups in total. The first kappa shape index (κ1) is 12.1. The average Bonchev–Trinajstić information content (AvgIpc) is 2.72. The molecule has 1 atom stereocenters. The molecule has 3 heteroatoms. The highest BCUT2D eigenvalue weighted by molar-refractivity contribution is 5.78. The van der Waals surface area contributed by atoms with Crippen LogP contribution in [0.2, 0.25) is 0 Å². The van der Waals surface area contributed by atoms with Crippen molar-refractivity contribution in [3.8, 4) is 0 Å². The van der Waals surface area contributed by atoms with Gasteiger partial charge >= 0.3 is 0 Å². The molecule has 2 aromatic rings. The van der Waals surface area contributed by atoms with Crippen LogP contribution in [0.15, 0.2) is 28.7 Å². The molecule has 0 aliphatic heterocycles. The molecular formula is C14H18FNO. The number of rotatable bonds is 4. The maximum Gasteiger partial charge on any atom is 0.180 e. The second-order valence-electron chi connectivity index (χ2n) is 4.57. The summed E-state index contributed by atoms with van der Waals surface area (Å²) in [5.74, 6) is 0.349. The van der Waals surface area contributed by atoms with Crippen molar-refractivity contribution in [2.24, 2.45) is 5.73 Å². The lowest BCUT2D eigenvalue weighted by atomic mass is 9.97. The third-order valence-corrected chi connectivity index (χ3v) is 3.08. The van der Waals surface area contributed by atoms with Gasteiger partial charge in [-0.05, 0) is 31.5 Å². The molecule has 2 rings (SSSR count). The van der Waals surface area contributed by atoms with Gasteiger partial charge in [-0.15, -0.1) is 0 Å². The second kappa shape index (κ2) is 4.49. The fourth-order valence-electron chi connectivity index (χ4n) is 2.11. The summed E-state index contributed by atoms with van der Waals surface area (Å²) in [5, 5.41) is 0.937. The first-order chi connectivity index (χ1) is 8.09. The number of alkyl halides is 1. The predicted molar refractivity (Wildman–Crippen MR) is 67.7 cm³/mol. The van der Waals surface area contributed by atoms with Gasteiger partial charge in [0.05, 0.1) is 0 Å². The van der Waals surface area contributed by atoms with Crippen LogP contribution >= 0.6 is 0 Å². The first-order valence-corrected chi connectivity index (χ1v) is 5.99. The van der Waals surface area contributed by atoms with E-state index in [1.54, 1.807) is 6.07 Å². The van der Waals surface area contributed by atoms with Crippen molar-refractivity contribution in [1.82, 2.24) is 0 Å². The normalized spacial score (nSPS) is 15.1. The molecule has 0 bridgehead atoms. The van der Waals surface area contributed by atoms with Crippen molar-refractivity contribution in [3.63, 3.8) is 0 Å². The van der Waals surface area contributed by atoms with Crippen LogP contribution in [0.4, 0.5) is 4.39 Å². The summed E-state index contributed by atoms with van der Waals surface area (Å²) in [4.78, 5) is 0. The summed E-state index contributed by atoms with van der Waals surface area (Å²) in [6.07, 6.45) is 1.13. The van der Waals surface area contributed by atoms with Gasteiger partial charge < -0.3 is 10.2 Å². The number of hydrogen-bond acceptors (Lipinski definition) is 2. The fraction of sp³-hybridized carbons (Fsp3) is 0.429. The minimum absolute atomic E-state index is 0.0420. The lowest BCUT2D eigenvalue weighted by Gasteiger charge is -2.19. The van der Waals surface area contributed by atoms with Crippen LogP contribution in [-0.4, -0.2) is 6.54 Å². The minimum Gasteiger partial charge on any atom is -0.458 e. The smallest absolute Gasteiger partial charge is 0.180 e. The van der Waals surface area contributed by atoms with Crippen LogP contribution in [0, 0.1) is 6.92 Å². The molecule has 1 aromatic heterocycles. The molecule has 1 unspecified atom stereocenters. The zero-order valence-electron chi connectivity index (χ0n) is 10.3. The number of nitrogens with two attached hydrogens (primary N) is 1. The van der Waals surface area contributed by atoms with Crippen molar-refractivity contribution in [1.29, 1.82) is 0 Å². The molecular weight excluding hydrogens is 217 g/mol. The van der Waals surface area contributed by atoms with Gasteiger partial charge in [-0.25, -0.2) is 4.39 Å². The van der Waals surface area contributed by atoms with Gasteiger partial charge in [0.15, 0.2) is 5.67 Å². The second-order valence-corrected chi connectivity index (χ2v) is 4.57. The molecule has 0 aliphatic carbocycles. The zero-order valence-corrected chi connectivity index (χ0v) is 10.3. The van der Waals surface area contributed by atoms with Gasteiger partial charge in [-0.1, -0.05) is 25.0 Å². The Labute approximate surface area is 101 Å². The number of fused-ring (bicyclic) bond motifs is 1. The Bertz CT molecular complexity index is 520. The maximum atomic E-state index is 14.6. The van der Waals surface area contributed by atoms with Crippen molar-refractivity contribution in [2.75, 3.05) is 6.54 Å². The van der Waals surface area contributed by atoms with Crippen molar-refractivity contribution >= 4 is 11.0 Å². The van der Waals surface area contributed by atoms with Gasteiger partial charge in [0.25, 0.3) is 0 Å². The molecule has 0 fully saturated rings. The van der Waals surface area contributed by atoms with E-state index in [9.17, 15) is 4.39 Å². The van der Waals surface area contributed by atoms with E-state index in [1.165, 1.54) is 0 Å². The van der Waals surface area contributed by atoms with Gasteiger partial charge in [0.1, 0.15) is 11.3 Å². The van der Waals surface area contributed by atoms with E-state index in [0.717, 1.165) is 23.0 Å². The van der Waals surface area contributed by atoms with Crippen molar-refractivity contribution in [2.45, 2.75) is 32.4 Å². The maximum absolute atomic E-state index is 14.6. The minimum atomic E-state index is -1.54. The Morgan fingerprint density at radius 1 is 1.35 bits per heavy atom. The Morgan fingerprint density at radius 2 is 2.12 bits per heavy atom. The molecule has 92 valence electrons. The Hall–Kier alpha value is -1.35. The Balaban J connectivity index is 2.48. The zero-order chi connectivity index (χ0) is 12.5. The van der Waals surface area contributed by atoms with E-state index < -0.39 is 5.67 Å². The predicted octanol–water partition coefficient (Wildman–Crippen LogP) is 3.66. The monoisotopic (exact) mass is 235 g/mol. The Morgan fingerprint density at radius 3 is 2.76 bits per heavy atom. The molecule has 17 heavy (non-hydrogen) atoms. The topological polar surface area (TPSA) is 39.2 Å². The molecule has 1 aromatic carbocycles. The third-order valence-electron chi connectivity index (χ3n) is 3.08. The van der Waals surface area contributed by atoms with Crippen LogP contribution < -0.4 is 5.73 Å². The fourth-order valence-corrected chi connectivity index (χ4v) is 2.11. The molecule has 0 saturated carbocycles. The van der Waals surface area contributed by atoms with Crippen LogP contribution in [0.25, 0.3) is 11.0 Å². The highest BCUT2D eigenvalue weighted by Gasteiger charge is 2.33. The third kappa shape index (κ3) is 2.20. The number of hydrogen-bond donors (Lipinski definition) is 1. The molecule has 1 heterocycles. The molecule has 0 amide bonds. The number of halogens is 1. The molecule has 0 spiro atoms. The van der Waals surface area contributed by atoms with E-state index in [4.69, 9.17) is 10.2 Å². The summed E-state index contributed by atoms with van der Waals surface area (Å²) >= 11 is 0. The van der Waals surface area contributed by atoms with Crippen LogP contribution in [0.1, 0.15) is 31.1 Å². The van der Waals surface area contributed by atoms with Crippen molar-refractivity contribution in [3.05, 3.63) is 35.6 Å². The molecule has 0 saturated heterocycles. The summed E-state index contributed by atoms with van der Waals surface area (Å²) < 4.78 is 20.2. The molecule has 2 nitrogen and oxygen atoms in total. The van der Waals surface area contributed by atoms with E-state index >= 15 is 0 Å². The summed E-state index contributed by atoms with van der Waals surface area (Å²) in [7, 11) is 0. The summed E-state index contributed by atoms with van der Waals surface area (Å²) in [5.41, 5.74) is 5.86. The summed E-state index contributed by atoms with van der Waals surface area (Å²) in [6, 6.07) is 7.59. The number of furan rings is 1. The quantitative estimate of drug-likeness (QED) is 0.878. The van der Waals surface area contributed by atoms with Crippen molar-refractivity contribution < 1.29 is 8.81 Å². The highest BCUT2D eigenvalue weighted by Crippen LogP contribution is 2.34. The Kier molecular flexibility index (Phi) is 3.20. The highest BCUT2D eigenvalue weighted by atomic mass is 19.1. The van der Waals surface area contributed by atoms with Gasteiger partial charge in [-0.3, -0.25) is 0 Å². The SMILES string of the molecule is CCCC(F)(CN)c1cc2cc(C)ccc2o1. The van der Waals surface area contributed by atoms with Gasteiger partial charge in [0.2, 0.25) is 0 Å². The van der Waals surface area contributed by atoms with Crippen LogP contribution in [-0.2, 0) is 5.67 Å². The lowest BCUT2D eigenvalue weighted by Crippen LogP contribution is -2.29. The molecule has 0 aliphatic rings. The largest absolute Gasteiger partial charge is 0.458 e. The lowest BCUT2D eigenvalue weighted by molar-refractivity contribution is 0.128. The first-order valence-electron chi connectivity index (χ1n) is 5.99. The number of benzene rings is 1. The van der Waals surface area contributed by atoms with Gasteiger partial charge in [-0.2, -0.15) is 0 Å². The van der Waals surface area contributed by atoms with Gasteiger partial charge in [0, 0.05) is 11.9 Å². The number of aryl methyl sites for hydroxylation is 1. The van der Waals surface area contributed by atoms with E-state index in [0.29, 0.717) is 12.2 Å². The van der Waals surface area contributed by atoms with E-state index in [1.807, 2.05) is 32.0 Å². The molecule has 0 radical (unpaired) electrons. The van der Waals surface area contributed by atoms with E-state index in [2.05, 4.69) is 0 Å². The average molecular weight is 235 g/mol. The van der Waals surface area contributed by atoms with Crippen LogP contribution in [0.3, 0.4) is 0 Å². The standard InChI is InChI=1S/C14H18FNO/c1-3-6-14(15,9-16)13-8-11-7-10(2)4-5-12(11)17-13/h4-5,7-8H,3,6,9,16H2,1-2H3. The van der Waals surface area contributed by atoms with Crippen LogP contribution in [0.5, 0.6) is 0 Å². The summed E-state index contributed by atoms with van der Waals surface area (Å²) in [6.45, 7) is 3.90.